The first kappa shape index (κ1) is 21.6. The van der Waals surface area contributed by atoms with E-state index in [9.17, 15) is 0 Å². The minimum atomic E-state index is -0.427. The van der Waals surface area contributed by atoms with Crippen molar-refractivity contribution in [2.75, 3.05) is 4.90 Å². The molecule has 9 rings (SSSR count). The monoisotopic (exact) mass is 592 g/mol. The van der Waals surface area contributed by atoms with Crippen LogP contribution in [0.1, 0.15) is 6.85 Å². The van der Waals surface area contributed by atoms with Crippen LogP contribution < -0.4 is 4.90 Å². The Morgan fingerprint density at radius 1 is 0.457 bits per heavy atom. The molecule has 0 aliphatic carbocycles. The van der Waals surface area contributed by atoms with E-state index in [1.165, 1.54) is 5.39 Å². The van der Waals surface area contributed by atoms with Gasteiger partial charge in [-0.3, -0.25) is 0 Å². The number of hydrogen-bond acceptors (Lipinski definition) is 2. The molecule has 8 aromatic carbocycles. The Labute approximate surface area is 274 Å². The highest BCUT2D eigenvalue weighted by Gasteiger charge is 2.16. The molecule has 1 aromatic heterocycles. The molecule has 2 nitrogen and oxygen atoms in total. The Hall–Kier alpha value is -6.12. The van der Waals surface area contributed by atoms with Gasteiger partial charge in [-0.05, 0) is 93.0 Å². The predicted octanol–water partition coefficient (Wildman–Crippen LogP) is 12.7. The van der Waals surface area contributed by atoms with Gasteiger partial charge < -0.3 is 9.32 Å². The molecule has 0 spiro atoms. The maximum absolute atomic E-state index is 8.88. The molecule has 0 amide bonds. The van der Waals surface area contributed by atoms with E-state index in [-0.39, 0.29) is 29.9 Å². The largest absolute Gasteiger partial charge is 0.455 e. The normalized spacial score (nSPS) is 13.0. The molecule has 1 heterocycles. The Morgan fingerprint density at radius 2 is 1.11 bits per heavy atom. The van der Waals surface area contributed by atoms with Crippen LogP contribution in [0.15, 0.2) is 180 Å². The van der Waals surface area contributed by atoms with Gasteiger partial charge in [0.15, 0.2) is 0 Å². The lowest BCUT2D eigenvalue weighted by atomic mass is 9.98. The van der Waals surface area contributed by atoms with Crippen LogP contribution in [-0.2, 0) is 0 Å². The van der Waals surface area contributed by atoms with E-state index in [0.29, 0.717) is 11.4 Å². The molecule has 216 valence electrons. The molecule has 0 atom stereocenters. The highest BCUT2D eigenvalue weighted by molar-refractivity contribution is 6.19. The third-order valence-corrected chi connectivity index (χ3v) is 8.74. The molecule has 0 unspecified atom stereocenters. The maximum atomic E-state index is 8.88. The van der Waals surface area contributed by atoms with E-state index in [0.717, 1.165) is 60.4 Å². The third-order valence-electron chi connectivity index (χ3n) is 8.74. The summed E-state index contributed by atoms with van der Waals surface area (Å²) in [5.41, 5.74) is 7.12. The summed E-state index contributed by atoms with van der Waals surface area (Å²) in [7, 11) is 0. The summed E-state index contributed by atoms with van der Waals surface area (Å²) in [5, 5.41) is 6.56. The lowest BCUT2D eigenvalue weighted by Crippen LogP contribution is -2.09. The van der Waals surface area contributed by atoms with Gasteiger partial charge in [0.05, 0.1) is 6.85 Å². The number of hydrogen-bond donors (Lipinski definition) is 0. The van der Waals surface area contributed by atoms with Crippen molar-refractivity contribution in [3.63, 3.8) is 0 Å². The van der Waals surface area contributed by atoms with Crippen molar-refractivity contribution in [2.45, 2.75) is 0 Å². The van der Waals surface area contributed by atoms with Crippen LogP contribution in [0.25, 0.3) is 65.7 Å². The predicted molar refractivity (Wildman–Crippen MR) is 194 cm³/mol. The Bertz CT molecular complexity index is 2780. The van der Waals surface area contributed by atoms with Gasteiger partial charge in [-0.2, -0.15) is 0 Å². The zero-order valence-corrected chi connectivity index (χ0v) is 24.7. The molecule has 0 radical (unpaired) electrons. The summed E-state index contributed by atoms with van der Waals surface area (Å²) in [6.45, 7) is 0. The van der Waals surface area contributed by atoms with Crippen molar-refractivity contribution in [2.24, 2.45) is 0 Å². The minimum absolute atomic E-state index is 0.0852. The lowest BCUT2D eigenvalue weighted by molar-refractivity contribution is 0.673. The molecule has 0 aliphatic heterocycles. The Balaban J connectivity index is 1.17. The molecule has 0 fully saturated rings. The highest BCUT2D eigenvalue weighted by Crippen LogP contribution is 2.41. The quantitative estimate of drug-likeness (QED) is 0.198. The van der Waals surface area contributed by atoms with Crippen molar-refractivity contribution in [1.29, 1.82) is 0 Å². The van der Waals surface area contributed by atoms with E-state index >= 15 is 0 Å². The second-order valence-corrected chi connectivity index (χ2v) is 11.4. The number of para-hydroxylation sites is 1. The molecule has 0 N–H and O–H groups in total. The second-order valence-electron chi connectivity index (χ2n) is 11.4. The lowest BCUT2D eigenvalue weighted by Gasteiger charge is -2.26. The van der Waals surface area contributed by atoms with Gasteiger partial charge in [0.25, 0.3) is 0 Å². The number of furan rings is 1. The molecule has 2 heteroatoms. The van der Waals surface area contributed by atoms with Crippen molar-refractivity contribution < 1.29 is 11.3 Å². The first-order chi connectivity index (χ1) is 24.9. The van der Waals surface area contributed by atoms with Crippen LogP contribution in [0.2, 0.25) is 0 Å². The number of nitrogens with zero attached hydrogens (tertiary/aromatic N) is 1. The second kappa shape index (κ2) is 10.8. The molecule has 0 saturated heterocycles. The van der Waals surface area contributed by atoms with Crippen LogP contribution in [0.5, 0.6) is 0 Å². The highest BCUT2D eigenvalue weighted by atomic mass is 16.3. The molecule has 46 heavy (non-hydrogen) atoms. The molecule has 0 bridgehead atoms. The van der Waals surface area contributed by atoms with Gasteiger partial charge in [0.2, 0.25) is 0 Å². The van der Waals surface area contributed by atoms with Crippen LogP contribution in [0.4, 0.5) is 17.1 Å². The van der Waals surface area contributed by atoms with Gasteiger partial charge in [-0.1, -0.05) is 121 Å². The first-order valence-corrected chi connectivity index (χ1v) is 15.3. The Morgan fingerprint density at radius 3 is 1.89 bits per heavy atom. The summed E-state index contributed by atoms with van der Waals surface area (Å²) < 4.78 is 49.3. The van der Waals surface area contributed by atoms with E-state index in [1.54, 1.807) is 4.90 Å². The Kier molecular flexibility index (Phi) is 5.06. The maximum Gasteiger partial charge on any atom is 0.143 e. The van der Waals surface area contributed by atoms with E-state index < -0.39 is 6.04 Å². The topological polar surface area (TPSA) is 16.4 Å². The van der Waals surface area contributed by atoms with Gasteiger partial charge in [0.1, 0.15) is 11.2 Å². The fourth-order valence-corrected chi connectivity index (χ4v) is 6.52. The van der Waals surface area contributed by atoms with Crippen LogP contribution in [0, 0.1) is 0 Å². The third kappa shape index (κ3) is 4.43. The smallest absolute Gasteiger partial charge is 0.143 e. The first-order valence-electron chi connectivity index (χ1n) is 17.8. The van der Waals surface area contributed by atoms with Crippen LogP contribution in [0.3, 0.4) is 0 Å². The molecule has 0 saturated carbocycles. The molecule has 0 aliphatic rings. The number of anilines is 3. The molecule has 9 aromatic rings. The summed E-state index contributed by atoms with van der Waals surface area (Å²) in [4.78, 5) is 1.74. The average Bonchev–Trinajstić information content (AvgIpc) is 3.58. The van der Waals surface area contributed by atoms with Crippen molar-refractivity contribution >= 4 is 60.5 Å². The van der Waals surface area contributed by atoms with Gasteiger partial charge in [-0.25, -0.2) is 0 Å². The van der Waals surface area contributed by atoms with E-state index in [1.807, 2.05) is 84.9 Å². The van der Waals surface area contributed by atoms with Crippen molar-refractivity contribution in [1.82, 2.24) is 0 Å². The van der Waals surface area contributed by atoms with Crippen molar-refractivity contribution in [3.8, 4) is 22.3 Å². The number of rotatable bonds is 5. The minimum Gasteiger partial charge on any atom is -0.455 e. The molecular formula is C44H29NO. The fourth-order valence-electron chi connectivity index (χ4n) is 6.52. The van der Waals surface area contributed by atoms with Crippen LogP contribution >= 0.6 is 0 Å². The number of benzene rings is 8. The van der Waals surface area contributed by atoms with E-state index in [4.69, 9.17) is 11.3 Å². The van der Waals surface area contributed by atoms with Gasteiger partial charge >= 0.3 is 0 Å². The molecular weight excluding hydrogens is 558 g/mol. The summed E-state index contributed by atoms with van der Waals surface area (Å²) in [6, 6.07) is 47.1. The van der Waals surface area contributed by atoms with E-state index in [2.05, 4.69) is 60.7 Å². The van der Waals surface area contributed by atoms with Gasteiger partial charge in [0, 0.05) is 33.2 Å². The summed E-state index contributed by atoms with van der Waals surface area (Å²) in [5.74, 6) is 0. The fraction of sp³-hybridized carbons (Fsp3) is 0. The van der Waals surface area contributed by atoms with Crippen molar-refractivity contribution in [3.05, 3.63) is 176 Å². The zero-order chi connectivity index (χ0) is 34.8. The van der Waals surface area contributed by atoms with Gasteiger partial charge in [-0.15, -0.1) is 0 Å². The summed E-state index contributed by atoms with van der Waals surface area (Å²) >= 11 is 0. The SMILES string of the molecule is [2H]c1c([2H])c([2H])c(N(c2ccc(-c3ccc4ccccc4c3)cc2)c2ccc(-c3cccc4oc5c6ccccc6ccc5c34)cc2)c([2H])c1[2H]. The zero-order valence-electron chi connectivity index (χ0n) is 29.7. The van der Waals surface area contributed by atoms with Crippen LogP contribution in [-0.4, -0.2) is 0 Å². The number of fused-ring (bicyclic) bond motifs is 6. The summed E-state index contributed by atoms with van der Waals surface area (Å²) in [6.07, 6.45) is 0. The standard InChI is InChI=1S/C44H29NO/c1-2-12-36(13-3-1)45(37-24-19-31(20-25-37)35-18-17-30-9-4-5-11-34(30)29-35)38-26-21-33(22-27-38)39-15-8-16-42-43(39)41-28-23-32-10-6-7-14-40(32)44(41)46-42/h1-29H/i1D,2D,3D,12D,13D. The average molecular weight is 593 g/mol.